The normalized spacial score (nSPS) is 10.6. The Labute approximate surface area is 109 Å². The van der Waals surface area contributed by atoms with Crippen LogP contribution in [0.5, 0.6) is 5.75 Å². The van der Waals surface area contributed by atoms with E-state index in [0.717, 1.165) is 18.7 Å². The van der Waals surface area contributed by atoms with Crippen LogP contribution in [-0.4, -0.2) is 40.6 Å². The van der Waals surface area contributed by atoms with Crippen molar-refractivity contribution in [2.24, 2.45) is 0 Å². The van der Waals surface area contributed by atoms with E-state index in [1.807, 2.05) is 19.2 Å². The molecule has 0 saturated heterocycles. The van der Waals surface area contributed by atoms with Crippen molar-refractivity contribution >= 4 is 0 Å². The van der Waals surface area contributed by atoms with Crippen LogP contribution in [0.1, 0.15) is 12.0 Å². The third-order valence-electron chi connectivity index (χ3n) is 2.41. The maximum Gasteiger partial charge on any atom is 0.119 e. The molecule has 0 spiro atoms. The molecule has 0 saturated carbocycles. The van der Waals surface area contributed by atoms with Crippen LogP contribution in [0.2, 0.25) is 0 Å². The zero-order valence-electron chi connectivity index (χ0n) is 11.3. The van der Waals surface area contributed by atoms with Crippen molar-refractivity contribution in [3.8, 4) is 5.75 Å². The number of hydrogen-bond acceptors (Lipinski definition) is 4. The molecule has 102 valence electrons. The summed E-state index contributed by atoms with van der Waals surface area (Å²) in [7, 11) is 3.61. The molecule has 0 aromatic heterocycles. The molecule has 0 aliphatic heterocycles. The van der Waals surface area contributed by atoms with Crippen LogP contribution in [0, 0.1) is 0 Å². The van der Waals surface area contributed by atoms with Gasteiger partial charge in [0.05, 0.1) is 19.8 Å². The third-order valence-corrected chi connectivity index (χ3v) is 2.41. The molecule has 1 aromatic carbocycles. The summed E-state index contributed by atoms with van der Waals surface area (Å²) in [6.07, 6.45) is 0.889. The number of ether oxygens (including phenoxy) is 3. The average molecular weight is 253 g/mol. The summed E-state index contributed by atoms with van der Waals surface area (Å²) in [6.45, 7) is 3.54. The van der Waals surface area contributed by atoms with E-state index in [0.29, 0.717) is 26.4 Å². The Hall–Kier alpha value is -1.10. The lowest BCUT2D eigenvalue weighted by molar-refractivity contribution is 0.0644. The summed E-state index contributed by atoms with van der Waals surface area (Å²) in [4.78, 5) is 0. The van der Waals surface area contributed by atoms with Gasteiger partial charge in [0.1, 0.15) is 5.75 Å². The second-order valence-corrected chi connectivity index (χ2v) is 3.98. The van der Waals surface area contributed by atoms with E-state index in [9.17, 15) is 0 Å². The maximum atomic E-state index is 5.66. The summed E-state index contributed by atoms with van der Waals surface area (Å²) >= 11 is 0. The van der Waals surface area contributed by atoms with Gasteiger partial charge in [0.2, 0.25) is 0 Å². The number of nitrogens with one attached hydrogen (secondary N) is 1. The van der Waals surface area contributed by atoms with E-state index in [1.165, 1.54) is 5.56 Å². The number of hydrogen-bond donors (Lipinski definition) is 1. The van der Waals surface area contributed by atoms with Gasteiger partial charge in [0.25, 0.3) is 0 Å². The Morgan fingerprint density at radius 2 is 2.00 bits per heavy atom. The van der Waals surface area contributed by atoms with Crippen LogP contribution in [0.15, 0.2) is 24.3 Å². The van der Waals surface area contributed by atoms with Gasteiger partial charge in [0.15, 0.2) is 0 Å². The lowest BCUT2D eigenvalue weighted by atomic mass is 10.2. The van der Waals surface area contributed by atoms with E-state index in [2.05, 4.69) is 17.4 Å². The molecule has 4 heteroatoms. The van der Waals surface area contributed by atoms with Crippen LogP contribution in [-0.2, 0) is 16.0 Å². The molecule has 0 amide bonds. The Morgan fingerprint density at radius 3 is 2.78 bits per heavy atom. The van der Waals surface area contributed by atoms with Gasteiger partial charge < -0.3 is 19.5 Å². The van der Waals surface area contributed by atoms with E-state index in [1.54, 1.807) is 7.11 Å². The summed E-state index contributed by atoms with van der Waals surface area (Å²) in [5.74, 6) is 0.916. The molecule has 0 radical (unpaired) electrons. The SMILES string of the molecule is CNCc1cccc(OCCCOCCOC)c1. The average Bonchev–Trinajstić information content (AvgIpc) is 2.39. The van der Waals surface area contributed by atoms with Crippen LogP contribution in [0.25, 0.3) is 0 Å². The molecule has 4 nitrogen and oxygen atoms in total. The van der Waals surface area contributed by atoms with Crippen molar-refractivity contribution in [2.45, 2.75) is 13.0 Å². The van der Waals surface area contributed by atoms with Gasteiger partial charge in [-0.15, -0.1) is 0 Å². The summed E-state index contributed by atoms with van der Waals surface area (Å²) < 4.78 is 15.9. The second kappa shape index (κ2) is 9.88. The van der Waals surface area contributed by atoms with E-state index in [4.69, 9.17) is 14.2 Å². The highest BCUT2D eigenvalue weighted by Gasteiger charge is 1.96. The molecular formula is C14H23NO3. The number of methoxy groups -OCH3 is 1. The molecule has 0 aliphatic carbocycles. The van der Waals surface area contributed by atoms with Crippen molar-refractivity contribution < 1.29 is 14.2 Å². The minimum Gasteiger partial charge on any atom is -0.493 e. The van der Waals surface area contributed by atoms with Gasteiger partial charge in [0, 0.05) is 26.7 Å². The van der Waals surface area contributed by atoms with Gasteiger partial charge in [-0.1, -0.05) is 12.1 Å². The van der Waals surface area contributed by atoms with Crippen molar-refractivity contribution in [2.75, 3.05) is 40.6 Å². The van der Waals surface area contributed by atoms with Gasteiger partial charge in [-0.3, -0.25) is 0 Å². The molecule has 1 rings (SSSR count). The maximum absolute atomic E-state index is 5.66. The largest absolute Gasteiger partial charge is 0.493 e. The molecule has 0 aliphatic rings. The molecule has 1 N–H and O–H groups in total. The highest BCUT2D eigenvalue weighted by molar-refractivity contribution is 5.28. The fourth-order valence-corrected chi connectivity index (χ4v) is 1.54. The van der Waals surface area contributed by atoms with Gasteiger partial charge in [-0.25, -0.2) is 0 Å². The first kappa shape index (κ1) is 15.0. The van der Waals surface area contributed by atoms with Crippen LogP contribution in [0.3, 0.4) is 0 Å². The fourth-order valence-electron chi connectivity index (χ4n) is 1.54. The molecule has 18 heavy (non-hydrogen) atoms. The number of rotatable bonds is 10. The van der Waals surface area contributed by atoms with E-state index in [-0.39, 0.29) is 0 Å². The Morgan fingerprint density at radius 1 is 1.11 bits per heavy atom. The molecule has 0 unspecified atom stereocenters. The lowest BCUT2D eigenvalue weighted by Gasteiger charge is -2.08. The van der Waals surface area contributed by atoms with Gasteiger partial charge in [-0.05, 0) is 24.7 Å². The lowest BCUT2D eigenvalue weighted by Crippen LogP contribution is -2.07. The topological polar surface area (TPSA) is 39.7 Å². The van der Waals surface area contributed by atoms with Crippen molar-refractivity contribution in [3.63, 3.8) is 0 Å². The number of benzene rings is 1. The minimum absolute atomic E-state index is 0.646. The fraction of sp³-hybridized carbons (Fsp3) is 0.571. The zero-order valence-corrected chi connectivity index (χ0v) is 11.3. The molecule has 0 atom stereocenters. The molecule has 0 heterocycles. The predicted octanol–water partition coefficient (Wildman–Crippen LogP) is 1.84. The highest BCUT2D eigenvalue weighted by atomic mass is 16.5. The van der Waals surface area contributed by atoms with Crippen LogP contribution in [0.4, 0.5) is 0 Å². The van der Waals surface area contributed by atoms with Crippen molar-refractivity contribution in [1.82, 2.24) is 5.32 Å². The van der Waals surface area contributed by atoms with E-state index < -0.39 is 0 Å². The first-order chi connectivity index (χ1) is 8.86. The standard InChI is InChI=1S/C14H23NO3/c1-15-12-13-5-3-6-14(11-13)18-8-4-7-17-10-9-16-2/h3,5-6,11,15H,4,7-10,12H2,1-2H3. The van der Waals surface area contributed by atoms with Crippen molar-refractivity contribution in [3.05, 3.63) is 29.8 Å². The first-order valence-corrected chi connectivity index (χ1v) is 6.30. The summed E-state index contributed by atoms with van der Waals surface area (Å²) in [5.41, 5.74) is 1.23. The van der Waals surface area contributed by atoms with Crippen LogP contribution < -0.4 is 10.1 Å². The monoisotopic (exact) mass is 253 g/mol. The quantitative estimate of drug-likeness (QED) is 0.646. The zero-order chi connectivity index (χ0) is 13.1. The molecule has 0 fully saturated rings. The predicted molar refractivity (Wildman–Crippen MR) is 72.0 cm³/mol. The molecular weight excluding hydrogens is 230 g/mol. The van der Waals surface area contributed by atoms with Crippen LogP contribution >= 0.6 is 0 Å². The van der Waals surface area contributed by atoms with Gasteiger partial charge >= 0.3 is 0 Å². The smallest absolute Gasteiger partial charge is 0.119 e. The Bertz CT molecular complexity index is 318. The Balaban J connectivity index is 2.13. The summed E-state index contributed by atoms with van der Waals surface area (Å²) in [5, 5.41) is 3.12. The first-order valence-electron chi connectivity index (χ1n) is 6.30. The molecule has 0 bridgehead atoms. The summed E-state index contributed by atoms with van der Waals surface area (Å²) in [6, 6.07) is 8.13. The van der Waals surface area contributed by atoms with Gasteiger partial charge in [-0.2, -0.15) is 0 Å². The highest BCUT2D eigenvalue weighted by Crippen LogP contribution is 2.13. The minimum atomic E-state index is 0.646. The molecule has 1 aromatic rings. The van der Waals surface area contributed by atoms with Crippen molar-refractivity contribution in [1.29, 1.82) is 0 Å². The Kier molecular flexibility index (Phi) is 8.21. The second-order valence-electron chi connectivity index (χ2n) is 3.98. The van der Waals surface area contributed by atoms with E-state index >= 15 is 0 Å². The third kappa shape index (κ3) is 6.59.